The van der Waals surface area contributed by atoms with E-state index < -0.39 is 0 Å². The summed E-state index contributed by atoms with van der Waals surface area (Å²) in [6.07, 6.45) is 3.55. The van der Waals surface area contributed by atoms with Crippen LogP contribution in [0.3, 0.4) is 0 Å². The van der Waals surface area contributed by atoms with Gasteiger partial charge >= 0.3 is 0 Å². The van der Waals surface area contributed by atoms with Crippen molar-refractivity contribution in [3.05, 3.63) is 21.4 Å². The Morgan fingerprint density at radius 3 is 2.62 bits per heavy atom. The molecule has 0 radical (unpaired) electrons. The quantitative estimate of drug-likeness (QED) is 0.850. The van der Waals surface area contributed by atoms with Gasteiger partial charge in [0.2, 0.25) is 0 Å². The van der Waals surface area contributed by atoms with Crippen LogP contribution in [-0.4, -0.2) is 12.5 Å². The predicted molar refractivity (Wildman–Crippen MR) is 91.0 cm³/mol. The van der Waals surface area contributed by atoms with Crippen molar-refractivity contribution in [3.8, 4) is 0 Å². The van der Waals surface area contributed by atoms with Gasteiger partial charge < -0.3 is 5.32 Å². The van der Waals surface area contributed by atoms with Gasteiger partial charge in [0.25, 0.3) is 5.91 Å². The molecule has 0 aromatic carbocycles. The van der Waals surface area contributed by atoms with Crippen LogP contribution in [0, 0.1) is 23.7 Å². The molecule has 0 saturated heterocycles. The fraction of sp³-hybridized carbons (Fsp3) is 0.722. The summed E-state index contributed by atoms with van der Waals surface area (Å²) >= 11 is 1.70. The van der Waals surface area contributed by atoms with Gasteiger partial charge in [0.05, 0.1) is 4.88 Å². The molecule has 0 fully saturated rings. The Morgan fingerprint density at radius 2 is 2.00 bits per heavy atom. The number of carbonyl (C=O) groups is 1. The Hall–Kier alpha value is -0.830. The van der Waals surface area contributed by atoms with Gasteiger partial charge in [-0.3, -0.25) is 4.79 Å². The molecular formula is C18H29NOS. The summed E-state index contributed by atoms with van der Waals surface area (Å²) in [5.74, 6) is 2.62. The molecule has 21 heavy (non-hydrogen) atoms. The molecule has 1 amide bonds. The zero-order chi connectivity index (χ0) is 15.6. The van der Waals surface area contributed by atoms with Gasteiger partial charge in [0.1, 0.15) is 0 Å². The number of aryl methyl sites for hydroxylation is 1. The molecule has 1 heterocycles. The maximum Gasteiger partial charge on any atom is 0.261 e. The third-order valence-electron chi connectivity index (χ3n) is 4.76. The lowest BCUT2D eigenvalue weighted by atomic mass is 9.85. The first-order valence-electron chi connectivity index (χ1n) is 8.28. The monoisotopic (exact) mass is 307 g/mol. The molecule has 1 aliphatic carbocycles. The molecule has 0 bridgehead atoms. The van der Waals surface area contributed by atoms with Crippen molar-refractivity contribution in [3.63, 3.8) is 0 Å². The normalized spacial score (nSPS) is 18.4. The maximum atomic E-state index is 12.4. The highest BCUT2D eigenvalue weighted by atomic mass is 32.1. The highest BCUT2D eigenvalue weighted by Gasteiger charge is 2.22. The third kappa shape index (κ3) is 4.09. The average Bonchev–Trinajstić information content (AvgIpc) is 2.80. The SMILES string of the molecule is CC1CCc2sc(C(=O)NCC(C(C)C)C(C)C)cc2C1. The Labute approximate surface area is 133 Å². The van der Waals surface area contributed by atoms with Gasteiger partial charge in [-0.2, -0.15) is 0 Å². The van der Waals surface area contributed by atoms with Crippen LogP contribution in [0.5, 0.6) is 0 Å². The van der Waals surface area contributed by atoms with Gasteiger partial charge in [-0.05, 0) is 54.6 Å². The van der Waals surface area contributed by atoms with Gasteiger partial charge in [-0.15, -0.1) is 11.3 Å². The van der Waals surface area contributed by atoms with E-state index in [1.54, 1.807) is 11.3 Å². The third-order valence-corrected chi connectivity index (χ3v) is 6.00. The van der Waals surface area contributed by atoms with Crippen LogP contribution in [0.15, 0.2) is 6.07 Å². The minimum atomic E-state index is 0.119. The molecule has 2 nitrogen and oxygen atoms in total. The first-order valence-corrected chi connectivity index (χ1v) is 9.10. The molecular weight excluding hydrogens is 278 g/mol. The number of hydrogen-bond acceptors (Lipinski definition) is 2. The standard InChI is InChI=1S/C18H29NOS/c1-11(2)15(12(3)4)10-19-18(20)17-9-14-8-13(5)6-7-16(14)21-17/h9,11-13,15H,6-8,10H2,1-5H3,(H,19,20). The highest BCUT2D eigenvalue weighted by Crippen LogP contribution is 2.32. The second kappa shape index (κ2) is 6.95. The smallest absolute Gasteiger partial charge is 0.261 e. The van der Waals surface area contributed by atoms with E-state index in [1.165, 1.54) is 16.9 Å². The van der Waals surface area contributed by atoms with E-state index in [0.29, 0.717) is 17.8 Å². The van der Waals surface area contributed by atoms with E-state index in [1.807, 2.05) is 0 Å². The number of fused-ring (bicyclic) bond motifs is 1. The fourth-order valence-corrected chi connectivity index (χ4v) is 4.48. The Balaban J connectivity index is 1.98. The van der Waals surface area contributed by atoms with Gasteiger partial charge in [-0.1, -0.05) is 34.6 Å². The van der Waals surface area contributed by atoms with E-state index >= 15 is 0 Å². The molecule has 0 aliphatic heterocycles. The zero-order valence-electron chi connectivity index (χ0n) is 14.0. The molecule has 1 aromatic rings. The topological polar surface area (TPSA) is 29.1 Å². The molecule has 0 spiro atoms. The molecule has 1 unspecified atom stereocenters. The van der Waals surface area contributed by atoms with Gasteiger partial charge in [0, 0.05) is 11.4 Å². The van der Waals surface area contributed by atoms with Crippen LogP contribution in [0.4, 0.5) is 0 Å². The Morgan fingerprint density at radius 1 is 1.33 bits per heavy atom. The largest absolute Gasteiger partial charge is 0.351 e. The van der Waals surface area contributed by atoms with Gasteiger partial charge in [0.15, 0.2) is 0 Å². The average molecular weight is 308 g/mol. The second-order valence-electron chi connectivity index (χ2n) is 7.27. The molecule has 3 heteroatoms. The predicted octanol–water partition coefficient (Wildman–Crippen LogP) is 4.53. The van der Waals surface area contributed by atoms with Crippen LogP contribution in [-0.2, 0) is 12.8 Å². The van der Waals surface area contributed by atoms with Crippen LogP contribution >= 0.6 is 11.3 Å². The lowest BCUT2D eigenvalue weighted by Gasteiger charge is -2.24. The van der Waals surface area contributed by atoms with Crippen LogP contribution in [0.25, 0.3) is 0 Å². The number of thiophene rings is 1. The molecule has 0 saturated carbocycles. The van der Waals surface area contributed by atoms with Crippen LogP contribution in [0.2, 0.25) is 0 Å². The number of rotatable bonds is 5. The molecule has 1 atom stereocenters. The van der Waals surface area contributed by atoms with Crippen molar-refractivity contribution in [2.45, 2.75) is 53.9 Å². The molecule has 1 N–H and O–H groups in total. The Kier molecular flexibility index (Phi) is 5.48. The summed E-state index contributed by atoms with van der Waals surface area (Å²) in [5, 5.41) is 3.15. The number of hydrogen-bond donors (Lipinski definition) is 1. The summed E-state index contributed by atoms with van der Waals surface area (Å²) < 4.78 is 0. The van der Waals surface area contributed by atoms with Crippen molar-refractivity contribution in [2.24, 2.45) is 23.7 Å². The first kappa shape index (κ1) is 16.5. The summed E-state index contributed by atoms with van der Waals surface area (Å²) in [6, 6.07) is 2.13. The summed E-state index contributed by atoms with van der Waals surface area (Å²) in [5.41, 5.74) is 1.41. The van der Waals surface area contributed by atoms with E-state index in [2.05, 4.69) is 46.0 Å². The Bertz CT molecular complexity index is 481. The lowest BCUT2D eigenvalue weighted by molar-refractivity contribution is 0.0941. The van der Waals surface area contributed by atoms with Crippen molar-refractivity contribution >= 4 is 17.2 Å². The molecule has 1 aromatic heterocycles. The first-order chi connectivity index (χ1) is 9.88. The maximum absolute atomic E-state index is 12.4. The van der Waals surface area contributed by atoms with Crippen molar-refractivity contribution in [1.29, 1.82) is 0 Å². The van der Waals surface area contributed by atoms with Crippen molar-refractivity contribution in [1.82, 2.24) is 5.32 Å². The zero-order valence-corrected chi connectivity index (χ0v) is 14.8. The van der Waals surface area contributed by atoms with E-state index in [-0.39, 0.29) is 5.91 Å². The number of carbonyl (C=O) groups excluding carboxylic acids is 1. The van der Waals surface area contributed by atoms with Crippen LogP contribution < -0.4 is 5.32 Å². The second-order valence-corrected chi connectivity index (χ2v) is 8.41. The van der Waals surface area contributed by atoms with Gasteiger partial charge in [-0.25, -0.2) is 0 Å². The van der Waals surface area contributed by atoms with E-state index in [9.17, 15) is 4.79 Å². The van der Waals surface area contributed by atoms with E-state index in [0.717, 1.165) is 30.2 Å². The summed E-state index contributed by atoms with van der Waals surface area (Å²) in [4.78, 5) is 14.7. The van der Waals surface area contributed by atoms with Crippen LogP contribution in [0.1, 0.15) is 61.2 Å². The number of amides is 1. The lowest BCUT2D eigenvalue weighted by Crippen LogP contribution is -2.33. The summed E-state index contributed by atoms with van der Waals surface area (Å²) in [7, 11) is 0. The number of nitrogens with one attached hydrogen (secondary N) is 1. The molecule has 118 valence electrons. The molecule has 1 aliphatic rings. The minimum Gasteiger partial charge on any atom is -0.351 e. The molecule has 2 rings (SSSR count). The van der Waals surface area contributed by atoms with Crippen molar-refractivity contribution in [2.75, 3.05) is 6.54 Å². The highest BCUT2D eigenvalue weighted by molar-refractivity contribution is 7.14. The fourth-order valence-electron chi connectivity index (χ4n) is 3.36. The summed E-state index contributed by atoms with van der Waals surface area (Å²) in [6.45, 7) is 12.0. The van der Waals surface area contributed by atoms with Crippen molar-refractivity contribution < 1.29 is 4.79 Å². The minimum absolute atomic E-state index is 0.119. The van der Waals surface area contributed by atoms with E-state index in [4.69, 9.17) is 0 Å².